The Balaban J connectivity index is 1.48. The van der Waals surface area contributed by atoms with Gasteiger partial charge >= 0.3 is 5.97 Å². The first-order valence-corrected chi connectivity index (χ1v) is 10.9. The molecular weight excluding hydrogens is 422 g/mol. The lowest BCUT2D eigenvalue weighted by Crippen LogP contribution is -2.50. The minimum Gasteiger partial charge on any atom is -0.497 e. The molecule has 0 aliphatic carbocycles. The molecule has 3 aliphatic heterocycles. The average Bonchev–Trinajstić information content (AvgIpc) is 2.86. The number of nitro groups is 1. The molecule has 4 heterocycles. The zero-order valence-corrected chi connectivity index (χ0v) is 18.1. The number of benzene rings is 2. The smallest absolute Gasteiger partial charge is 0.338 e. The van der Waals surface area contributed by atoms with Crippen molar-refractivity contribution in [2.75, 3.05) is 20.2 Å². The highest BCUT2D eigenvalue weighted by Gasteiger charge is 2.40. The van der Waals surface area contributed by atoms with Gasteiger partial charge in [0.25, 0.3) is 5.69 Å². The summed E-state index contributed by atoms with van der Waals surface area (Å²) in [6, 6.07) is 13.2. The maximum atomic E-state index is 12.9. The molecule has 3 aromatic rings. The third-order valence-electron chi connectivity index (χ3n) is 6.46. The van der Waals surface area contributed by atoms with Gasteiger partial charge < -0.3 is 14.4 Å². The van der Waals surface area contributed by atoms with E-state index in [0.717, 1.165) is 53.8 Å². The van der Waals surface area contributed by atoms with Crippen molar-refractivity contribution >= 4 is 28.6 Å². The predicted molar refractivity (Wildman–Crippen MR) is 123 cm³/mol. The molecule has 1 atom stereocenters. The maximum absolute atomic E-state index is 12.9. The van der Waals surface area contributed by atoms with Crippen LogP contribution >= 0.6 is 0 Å². The molecule has 1 unspecified atom stereocenters. The number of fused-ring (bicyclic) bond motifs is 4. The van der Waals surface area contributed by atoms with Crippen molar-refractivity contribution in [3.8, 4) is 5.75 Å². The Morgan fingerprint density at radius 2 is 1.91 bits per heavy atom. The van der Waals surface area contributed by atoms with E-state index < -0.39 is 10.9 Å². The average molecular weight is 445 g/mol. The molecule has 2 bridgehead atoms. The van der Waals surface area contributed by atoms with Crippen LogP contribution in [0.15, 0.2) is 60.4 Å². The molecule has 0 saturated carbocycles. The first-order valence-electron chi connectivity index (χ1n) is 10.9. The molecule has 0 spiro atoms. The highest BCUT2D eigenvalue weighted by atomic mass is 16.6. The fraction of sp³-hybridized carbons (Fsp3) is 0.280. The Bertz CT molecular complexity index is 1250. The Labute approximate surface area is 190 Å². The molecule has 3 saturated heterocycles. The van der Waals surface area contributed by atoms with Crippen LogP contribution in [0.1, 0.15) is 28.8 Å². The van der Waals surface area contributed by atoms with Gasteiger partial charge in [-0.05, 0) is 60.9 Å². The van der Waals surface area contributed by atoms with E-state index in [9.17, 15) is 14.9 Å². The van der Waals surface area contributed by atoms with Crippen LogP contribution in [0.4, 0.5) is 5.69 Å². The van der Waals surface area contributed by atoms with E-state index in [4.69, 9.17) is 9.47 Å². The summed E-state index contributed by atoms with van der Waals surface area (Å²) in [6.45, 7) is 1.85. The van der Waals surface area contributed by atoms with Crippen molar-refractivity contribution in [3.05, 3.63) is 81.7 Å². The van der Waals surface area contributed by atoms with Gasteiger partial charge in [0.05, 0.1) is 28.8 Å². The minimum absolute atomic E-state index is 0.0602. The van der Waals surface area contributed by atoms with Crippen molar-refractivity contribution in [2.45, 2.75) is 18.9 Å². The van der Waals surface area contributed by atoms with Gasteiger partial charge in [-0.25, -0.2) is 4.79 Å². The van der Waals surface area contributed by atoms with E-state index >= 15 is 0 Å². The van der Waals surface area contributed by atoms with Crippen LogP contribution in [0.3, 0.4) is 0 Å². The second-order valence-corrected chi connectivity index (χ2v) is 8.31. The second-order valence-electron chi connectivity index (χ2n) is 8.31. The van der Waals surface area contributed by atoms with E-state index in [1.54, 1.807) is 13.3 Å². The Kier molecular flexibility index (Phi) is 5.42. The van der Waals surface area contributed by atoms with Gasteiger partial charge in [-0.3, -0.25) is 15.1 Å². The first-order chi connectivity index (χ1) is 16.0. The van der Waals surface area contributed by atoms with Crippen LogP contribution in [0, 0.1) is 16.0 Å². The van der Waals surface area contributed by atoms with E-state index in [1.165, 1.54) is 24.3 Å². The number of carbonyl (C=O) groups is 1. The zero-order valence-electron chi connectivity index (χ0n) is 18.1. The summed E-state index contributed by atoms with van der Waals surface area (Å²) in [5, 5.41) is 11.9. The van der Waals surface area contributed by atoms with E-state index in [0.29, 0.717) is 5.56 Å². The van der Waals surface area contributed by atoms with Gasteiger partial charge in [-0.1, -0.05) is 0 Å². The number of nitro benzene ring substituents is 1. The minimum atomic E-state index is -0.489. The molecule has 8 nitrogen and oxygen atoms in total. The Hall–Kier alpha value is -3.94. The van der Waals surface area contributed by atoms with Gasteiger partial charge in [0.2, 0.25) is 0 Å². The Morgan fingerprint density at radius 3 is 2.61 bits per heavy atom. The van der Waals surface area contributed by atoms with Gasteiger partial charge in [-0.15, -0.1) is 0 Å². The number of rotatable bonds is 5. The van der Waals surface area contributed by atoms with E-state index in [2.05, 4.69) is 16.0 Å². The normalized spacial score (nSPS) is 20.8. The van der Waals surface area contributed by atoms with Crippen LogP contribution in [-0.4, -0.2) is 47.1 Å². The number of nitrogens with zero attached hydrogens (tertiary/aromatic N) is 3. The van der Waals surface area contributed by atoms with Crippen molar-refractivity contribution < 1.29 is 19.2 Å². The monoisotopic (exact) mass is 445 g/mol. The standard InChI is InChI=1S/C25H23N3O5/c1-32-20-6-7-22-21(15-20)18(8-11-26-22)14-23-24(16-9-12-27(23)13-10-16)33-25(29)17-2-4-19(5-3-17)28(30)31/h2-8,11,14-16,24H,9-10,12-13H2,1H3. The van der Waals surface area contributed by atoms with Gasteiger partial charge in [0, 0.05) is 42.7 Å². The predicted octanol–water partition coefficient (Wildman–Crippen LogP) is 4.44. The maximum Gasteiger partial charge on any atom is 0.338 e. The number of piperidine rings is 3. The van der Waals surface area contributed by atoms with Crippen LogP contribution in [0.2, 0.25) is 0 Å². The molecule has 0 radical (unpaired) electrons. The van der Waals surface area contributed by atoms with Gasteiger partial charge in [0.15, 0.2) is 0 Å². The fourth-order valence-corrected chi connectivity index (χ4v) is 4.67. The van der Waals surface area contributed by atoms with Crippen LogP contribution in [0.25, 0.3) is 17.0 Å². The molecule has 6 rings (SSSR count). The number of pyridine rings is 1. The number of hydrogen-bond donors (Lipinski definition) is 0. The molecule has 3 aliphatic rings. The van der Waals surface area contributed by atoms with E-state index in [1.807, 2.05) is 24.3 Å². The van der Waals surface area contributed by atoms with Gasteiger partial charge in [-0.2, -0.15) is 0 Å². The lowest BCUT2D eigenvalue weighted by atomic mass is 9.82. The summed E-state index contributed by atoms with van der Waals surface area (Å²) >= 11 is 0. The molecule has 2 aromatic carbocycles. The van der Waals surface area contributed by atoms with Crippen LogP contribution < -0.4 is 4.74 Å². The van der Waals surface area contributed by atoms with Crippen molar-refractivity contribution in [3.63, 3.8) is 0 Å². The first kappa shape index (κ1) is 20.9. The molecule has 1 aromatic heterocycles. The summed E-state index contributed by atoms with van der Waals surface area (Å²) in [7, 11) is 1.63. The third kappa shape index (κ3) is 4.00. The number of esters is 1. The number of non-ortho nitro benzene ring substituents is 1. The van der Waals surface area contributed by atoms with Crippen LogP contribution in [0.5, 0.6) is 5.75 Å². The number of hydrogen-bond acceptors (Lipinski definition) is 7. The molecule has 8 heteroatoms. The molecule has 0 N–H and O–H groups in total. The summed E-state index contributed by atoms with van der Waals surface area (Å²) in [5.74, 6) is 0.517. The molecular formula is C25H23N3O5. The molecule has 3 fully saturated rings. The lowest BCUT2D eigenvalue weighted by Gasteiger charge is -2.47. The highest BCUT2D eigenvalue weighted by Crippen LogP contribution is 2.39. The summed E-state index contributed by atoms with van der Waals surface area (Å²) in [5.41, 5.74) is 3.06. The summed E-state index contributed by atoms with van der Waals surface area (Å²) < 4.78 is 11.4. The van der Waals surface area contributed by atoms with Crippen molar-refractivity contribution in [1.29, 1.82) is 0 Å². The van der Waals surface area contributed by atoms with Gasteiger partial charge in [0.1, 0.15) is 11.9 Å². The zero-order chi connectivity index (χ0) is 22.9. The Morgan fingerprint density at radius 1 is 1.15 bits per heavy atom. The largest absolute Gasteiger partial charge is 0.497 e. The highest BCUT2D eigenvalue weighted by molar-refractivity contribution is 5.91. The number of carbonyl (C=O) groups excluding carboxylic acids is 1. The molecule has 168 valence electrons. The molecule has 33 heavy (non-hydrogen) atoms. The number of ether oxygens (including phenoxy) is 2. The fourth-order valence-electron chi connectivity index (χ4n) is 4.67. The SMILES string of the molecule is COc1ccc2nccc(C=C3C(OC(=O)c4ccc([N+](=O)[O-])cc4)C4CCN3CC4)c2c1. The van der Waals surface area contributed by atoms with Crippen molar-refractivity contribution in [2.24, 2.45) is 5.92 Å². The van der Waals surface area contributed by atoms with Crippen LogP contribution in [-0.2, 0) is 4.74 Å². The summed E-state index contributed by atoms with van der Waals surface area (Å²) in [4.78, 5) is 30.0. The topological polar surface area (TPSA) is 94.8 Å². The molecule has 0 amide bonds. The number of aromatic nitrogens is 1. The number of methoxy groups -OCH3 is 1. The second kappa shape index (κ2) is 8.54. The summed E-state index contributed by atoms with van der Waals surface area (Å²) in [6.07, 6.45) is 5.41. The quantitative estimate of drug-likeness (QED) is 0.325. The third-order valence-corrected chi connectivity index (χ3v) is 6.46. The lowest BCUT2D eigenvalue weighted by molar-refractivity contribution is -0.384. The van der Waals surface area contributed by atoms with E-state index in [-0.39, 0.29) is 17.7 Å². The van der Waals surface area contributed by atoms with Crippen molar-refractivity contribution in [1.82, 2.24) is 9.88 Å².